The van der Waals surface area contributed by atoms with Crippen molar-refractivity contribution in [2.45, 2.75) is 32.4 Å². The van der Waals surface area contributed by atoms with E-state index in [1.54, 1.807) is 6.07 Å². The first-order valence-corrected chi connectivity index (χ1v) is 10.5. The van der Waals surface area contributed by atoms with Crippen LogP contribution in [0.25, 0.3) is 0 Å². The highest BCUT2D eigenvalue weighted by Crippen LogP contribution is 2.40. The van der Waals surface area contributed by atoms with Crippen LogP contribution < -0.4 is 5.32 Å². The van der Waals surface area contributed by atoms with E-state index in [9.17, 15) is 9.50 Å². The second kappa shape index (κ2) is 9.63. The van der Waals surface area contributed by atoms with Crippen LogP contribution in [0.15, 0.2) is 24.3 Å². The molecule has 0 spiro atoms. The quantitative estimate of drug-likeness (QED) is 0.709. The van der Waals surface area contributed by atoms with Crippen molar-refractivity contribution in [2.75, 3.05) is 59.6 Å². The maximum atomic E-state index is 14.5. The van der Waals surface area contributed by atoms with Gasteiger partial charge in [-0.25, -0.2) is 4.39 Å². The largest absolute Gasteiger partial charge is 0.395 e. The molecule has 1 aromatic carbocycles. The van der Waals surface area contributed by atoms with Gasteiger partial charge >= 0.3 is 0 Å². The molecule has 158 valence electrons. The number of hydrogen-bond acceptors (Lipinski definition) is 5. The van der Waals surface area contributed by atoms with Gasteiger partial charge < -0.3 is 15.2 Å². The highest BCUT2D eigenvalue weighted by molar-refractivity contribution is 5.24. The Labute approximate surface area is 168 Å². The summed E-state index contributed by atoms with van der Waals surface area (Å²) in [5.74, 6) is 0.119. The third kappa shape index (κ3) is 5.30. The number of benzene rings is 1. The summed E-state index contributed by atoms with van der Waals surface area (Å²) >= 11 is 0. The summed E-state index contributed by atoms with van der Waals surface area (Å²) in [4.78, 5) is 4.61. The zero-order valence-electron chi connectivity index (χ0n) is 17.5. The first-order chi connectivity index (χ1) is 13.4. The number of likely N-dealkylation sites (N-methyl/N-ethyl adjacent to an activating group) is 1. The predicted octanol–water partition coefficient (Wildman–Crippen LogP) is 2.13. The lowest BCUT2D eigenvalue weighted by Crippen LogP contribution is -2.45. The standard InChI is InChI=1S/C22H36FN3O2/c1-22(2,16-26-8-10-28-11-9-26)15-24-13-17-12-18(14-27)25(3)21(17)19-6-4-5-7-20(19)23/h4-7,17-18,21,24,27H,8-16H2,1-3H3/t17-,18+,21-/m0/s1. The minimum atomic E-state index is -0.157. The number of morpholine rings is 1. The first kappa shape index (κ1) is 21.7. The minimum Gasteiger partial charge on any atom is -0.395 e. The molecule has 5 nitrogen and oxygen atoms in total. The van der Waals surface area contributed by atoms with Crippen molar-refractivity contribution in [3.63, 3.8) is 0 Å². The van der Waals surface area contributed by atoms with Gasteiger partial charge in [0.1, 0.15) is 5.82 Å². The van der Waals surface area contributed by atoms with Gasteiger partial charge in [0.25, 0.3) is 0 Å². The molecule has 2 heterocycles. The monoisotopic (exact) mass is 393 g/mol. The van der Waals surface area contributed by atoms with Gasteiger partial charge in [-0.2, -0.15) is 0 Å². The third-order valence-corrected chi connectivity index (χ3v) is 6.24. The van der Waals surface area contributed by atoms with Crippen LogP contribution in [0.5, 0.6) is 0 Å². The van der Waals surface area contributed by atoms with Gasteiger partial charge in [0, 0.05) is 43.8 Å². The minimum absolute atomic E-state index is 0.00629. The molecule has 0 radical (unpaired) electrons. The summed E-state index contributed by atoms with van der Waals surface area (Å²) < 4.78 is 19.9. The van der Waals surface area contributed by atoms with E-state index in [0.717, 1.165) is 57.9 Å². The number of nitrogens with one attached hydrogen (secondary N) is 1. The van der Waals surface area contributed by atoms with Crippen LogP contribution in [0.2, 0.25) is 0 Å². The Bertz CT molecular complexity index is 622. The molecule has 6 heteroatoms. The van der Waals surface area contributed by atoms with Crippen LogP contribution in [0.1, 0.15) is 31.9 Å². The number of nitrogens with zero attached hydrogens (tertiary/aromatic N) is 2. The molecule has 3 rings (SSSR count). The van der Waals surface area contributed by atoms with E-state index >= 15 is 0 Å². The first-order valence-electron chi connectivity index (χ1n) is 10.5. The number of rotatable bonds is 8. The van der Waals surface area contributed by atoms with Crippen LogP contribution in [-0.4, -0.2) is 80.5 Å². The van der Waals surface area contributed by atoms with E-state index in [1.165, 1.54) is 6.07 Å². The SMILES string of the molecule is CN1[C@@H](CO)C[C@@H](CNCC(C)(C)CN2CCOCC2)[C@H]1c1ccccc1F. The predicted molar refractivity (Wildman–Crippen MR) is 110 cm³/mol. The van der Waals surface area contributed by atoms with Gasteiger partial charge in [-0.15, -0.1) is 0 Å². The molecular formula is C22H36FN3O2. The summed E-state index contributed by atoms with van der Waals surface area (Å²) in [6.07, 6.45) is 0.878. The number of aliphatic hydroxyl groups is 1. The molecule has 28 heavy (non-hydrogen) atoms. The molecule has 0 aromatic heterocycles. The molecule has 2 aliphatic rings. The molecule has 2 fully saturated rings. The van der Waals surface area contributed by atoms with Crippen molar-refractivity contribution >= 4 is 0 Å². The van der Waals surface area contributed by atoms with E-state index in [4.69, 9.17) is 4.74 Å². The molecule has 2 saturated heterocycles. The smallest absolute Gasteiger partial charge is 0.127 e. The van der Waals surface area contributed by atoms with Gasteiger partial charge in [0.05, 0.1) is 19.8 Å². The summed E-state index contributed by atoms with van der Waals surface area (Å²) in [5.41, 5.74) is 0.895. The van der Waals surface area contributed by atoms with E-state index in [1.807, 2.05) is 19.2 Å². The summed E-state index contributed by atoms with van der Waals surface area (Å²) in [7, 11) is 2.00. The van der Waals surface area contributed by atoms with Gasteiger partial charge in [-0.1, -0.05) is 32.0 Å². The summed E-state index contributed by atoms with van der Waals surface area (Å²) in [6.45, 7) is 11.1. The van der Waals surface area contributed by atoms with Crippen LogP contribution in [-0.2, 0) is 4.74 Å². The second-order valence-electron chi connectivity index (χ2n) is 9.15. The third-order valence-electron chi connectivity index (χ3n) is 6.24. The lowest BCUT2D eigenvalue weighted by atomic mass is 9.90. The molecule has 0 saturated carbocycles. The Morgan fingerprint density at radius 2 is 1.96 bits per heavy atom. The molecule has 2 aliphatic heterocycles. The van der Waals surface area contributed by atoms with E-state index in [-0.39, 0.29) is 35.8 Å². The average Bonchev–Trinajstić information content (AvgIpc) is 2.98. The van der Waals surface area contributed by atoms with Gasteiger partial charge in [0.15, 0.2) is 0 Å². The van der Waals surface area contributed by atoms with Gasteiger partial charge in [-0.05, 0) is 37.4 Å². The molecule has 0 aliphatic carbocycles. The average molecular weight is 394 g/mol. The second-order valence-corrected chi connectivity index (χ2v) is 9.15. The lowest BCUT2D eigenvalue weighted by molar-refractivity contribution is 0.0211. The maximum Gasteiger partial charge on any atom is 0.127 e. The molecule has 0 bridgehead atoms. The number of hydrogen-bond donors (Lipinski definition) is 2. The van der Waals surface area contributed by atoms with Crippen molar-refractivity contribution in [1.82, 2.24) is 15.1 Å². The van der Waals surface area contributed by atoms with Crippen molar-refractivity contribution in [3.05, 3.63) is 35.6 Å². The zero-order valence-corrected chi connectivity index (χ0v) is 17.5. The molecule has 1 aromatic rings. The Balaban J connectivity index is 1.59. The van der Waals surface area contributed by atoms with Crippen molar-refractivity contribution in [1.29, 1.82) is 0 Å². The summed E-state index contributed by atoms with van der Waals surface area (Å²) in [5, 5.41) is 13.4. The fourth-order valence-corrected chi connectivity index (χ4v) is 4.81. The zero-order chi connectivity index (χ0) is 20.1. The molecule has 2 N–H and O–H groups in total. The van der Waals surface area contributed by atoms with Crippen LogP contribution in [0, 0.1) is 17.2 Å². The van der Waals surface area contributed by atoms with Gasteiger partial charge in [-0.3, -0.25) is 9.80 Å². The number of ether oxygens (including phenoxy) is 1. The summed E-state index contributed by atoms with van der Waals surface area (Å²) in [6, 6.07) is 7.12. The molecule has 0 unspecified atom stereocenters. The number of halogens is 1. The van der Waals surface area contributed by atoms with Crippen molar-refractivity contribution in [2.24, 2.45) is 11.3 Å². The van der Waals surface area contributed by atoms with Crippen LogP contribution in [0.4, 0.5) is 4.39 Å². The maximum absolute atomic E-state index is 14.5. The fourth-order valence-electron chi connectivity index (χ4n) is 4.81. The molecule has 3 atom stereocenters. The van der Waals surface area contributed by atoms with E-state index < -0.39 is 0 Å². The Hall–Kier alpha value is -1.05. The van der Waals surface area contributed by atoms with Crippen LogP contribution in [0.3, 0.4) is 0 Å². The highest BCUT2D eigenvalue weighted by Gasteiger charge is 2.40. The number of aliphatic hydroxyl groups excluding tert-OH is 1. The van der Waals surface area contributed by atoms with E-state index in [2.05, 4.69) is 29.0 Å². The Morgan fingerprint density at radius 3 is 2.64 bits per heavy atom. The van der Waals surface area contributed by atoms with Crippen LogP contribution >= 0.6 is 0 Å². The normalized spacial score (nSPS) is 27.4. The van der Waals surface area contributed by atoms with Crippen molar-refractivity contribution in [3.8, 4) is 0 Å². The van der Waals surface area contributed by atoms with Crippen molar-refractivity contribution < 1.29 is 14.2 Å². The fraction of sp³-hybridized carbons (Fsp3) is 0.727. The molecular weight excluding hydrogens is 357 g/mol. The Kier molecular flexibility index (Phi) is 7.45. The Morgan fingerprint density at radius 1 is 1.25 bits per heavy atom. The molecule has 0 amide bonds. The lowest BCUT2D eigenvalue weighted by Gasteiger charge is -2.35. The topological polar surface area (TPSA) is 48.0 Å². The van der Waals surface area contributed by atoms with E-state index in [0.29, 0.717) is 0 Å². The highest BCUT2D eigenvalue weighted by atomic mass is 19.1. The van der Waals surface area contributed by atoms with Gasteiger partial charge in [0.2, 0.25) is 0 Å². The number of likely N-dealkylation sites (tertiary alicyclic amines) is 1.